The molecule has 1 aliphatic heterocycles. The van der Waals surface area contributed by atoms with Gasteiger partial charge in [0.15, 0.2) is 23.0 Å². The van der Waals surface area contributed by atoms with Gasteiger partial charge < -0.3 is 35.5 Å². The number of halogens is 2. The van der Waals surface area contributed by atoms with E-state index in [1.807, 2.05) is 18.2 Å². The van der Waals surface area contributed by atoms with E-state index in [-0.39, 0.29) is 41.6 Å². The second-order valence-electron chi connectivity index (χ2n) is 15.7. The molecule has 3 aliphatic carbocycles. The van der Waals surface area contributed by atoms with Crippen LogP contribution in [-0.2, 0) is 6.42 Å². The third-order valence-electron chi connectivity index (χ3n) is 12.2. The second-order valence-corrected chi connectivity index (χ2v) is 18.3. The third kappa shape index (κ3) is 5.42. The van der Waals surface area contributed by atoms with Gasteiger partial charge in [-0.2, -0.15) is 0 Å². The van der Waals surface area contributed by atoms with Crippen LogP contribution in [0.3, 0.4) is 0 Å². The molecule has 0 amide bonds. The molecule has 7 nitrogen and oxygen atoms in total. The Kier molecular flexibility index (Phi) is 8.48. The van der Waals surface area contributed by atoms with Gasteiger partial charge in [-0.1, -0.05) is 80.6 Å². The Bertz CT molecular complexity index is 2370. The lowest BCUT2D eigenvalue weighted by molar-refractivity contribution is 0.317. The molecule has 6 N–H and O–H groups in total. The van der Waals surface area contributed by atoms with Gasteiger partial charge in [-0.25, -0.2) is 0 Å². The van der Waals surface area contributed by atoms with Crippen molar-refractivity contribution in [2.75, 3.05) is 4.90 Å². The van der Waals surface area contributed by atoms with Crippen molar-refractivity contribution in [3.05, 3.63) is 92.4 Å². The maximum absolute atomic E-state index is 11.6. The second kappa shape index (κ2) is 12.9. The van der Waals surface area contributed by atoms with E-state index in [1.165, 1.54) is 53.7 Å². The van der Waals surface area contributed by atoms with Gasteiger partial charge in [-0.05, 0) is 150 Å². The van der Waals surface area contributed by atoms with Gasteiger partial charge in [0.1, 0.15) is 31.8 Å². The predicted octanol–water partition coefficient (Wildman–Crippen LogP) is 12.8. The minimum atomic E-state index is -0.596. The van der Waals surface area contributed by atoms with Crippen LogP contribution in [0.5, 0.6) is 34.5 Å². The zero-order valence-corrected chi connectivity index (χ0v) is 33.6. The fourth-order valence-corrected chi connectivity index (χ4v) is 11.7. The predicted molar refractivity (Wildman–Crippen MR) is 221 cm³/mol. The average Bonchev–Trinajstić information content (AvgIpc) is 3.84. The monoisotopic (exact) mass is 867 g/mol. The van der Waals surface area contributed by atoms with Gasteiger partial charge in [0.2, 0.25) is 0 Å². The van der Waals surface area contributed by atoms with E-state index < -0.39 is 23.0 Å². The Balaban J connectivity index is 1.32. The minimum Gasteiger partial charge on any atom is -0.505 e. The summed E-state index contributed by atoms with van der Waals surface area (Å²) in [6.07, 6.45) is 11.2. The Morgan fingerprint density at radius 2 is 1.26 bits per heavy atom. The Hall–Kier alpha value is -4.25. The van der Waals surface area contributed by atoms with Crippen molar-refractivity contribution in [2.45, 2.75) is 79.9 Å². The minimum absolute atomic E-state index is 0.0189. The number of hydrogen-bond acceptors (Lipinski definition) is 8. The molecule has 0 radical (unpaired) electrons. The molecule has 2 fully saturated rings. The highest BCUT2D eigenvalue weighted by atomic mass is 79.9. The van der Waals surface area contributed by atoms with Crippen LogP contribution in [0, 0.1) is 5.41 Å². The van der Waals surface area contributed by atoms with Gasteiger partial charge in [0.05, 0.1) is 9.79 Å². The van der Waals surface area contributed by atoms with Crippen LogP contribution in [0.25, 0.3) is 28.3 Å². The van der Waals surface area contributed by atoms with E-state index in [1.54, 1.807) is 0 Å². The number of nitrogens with zero attached hydrogens (tertiary/aromatic N) is 1. The third-order valence-corrected chi connectivity index (χ3v) is 14.9. The number of phenolic OH excluding ortho intramolecular Hbond substituents is 6. The molecule has 276 valence electrons. The standard InChI is InChI=1S/C44H39Br2NO6S/c1-3-21-8-9-23(17-30(21)22-6-4-5-7-22)27-14-28(24-10-11-25-19-44(2)13-12-26(20-44)31(25)18-24)16-29(15-27)47-34-40(52)36(48)32(45)38(50)42(34)54-43-35(47)41(53)37(49)33(46)39(43)51/h3,8-11,14-18,22,26,48-53H,1,4-7,12-13,19-20H2,2H3. The maximum Gasteiger partial charge on any atom is 0.184 e. The smallest absolute Gasteiger partial charge is 0.184 e. The van der Waals surface area contributed by atoms with Crippen LogP contribution in [0.1, 0.15) is 86.0 Å². The summed E-state index contributed by atoms with van der Waals surface area (Å²) < 4.78 is -0.242. The molecule has 1 heterocycles. The van der Waals surface area contributed by atoms with Crippen molar-refractivity contribution < 1.29 is 30.6 Å². The summed E-state index contributed by atoms with van der Waals surface area (Å²) in [5.41, 5.74) is 9.62. The zero-order chi connectivity index (χ0) is 37.8. The van der Waals surface area contributed by atoms with Crippen LogP contribution < -0.4 is 4.90 Å². The number of phenols is 6. The topological polar surface area (TPSA) is 125 Å². The van der Waals surface area contributed by atoms with Crippen molar-refractivity contribution in [1.82, 2.24) is 0 Å². The van der Waals surface area contributed by atoms with Gasteiger partial charge in [0.25, 0.3) is 0 Å². The van der Waals surface area contributed by atoms with Crippen LogP contribution >= 0.6 is 43.6 Å². The van der Waals surface area contributed by atoms with Crippen molar-refractivity contribution in [1.29, 1.82) is 0 Å². The lowest BCUT2D eigenvalue weighted by atomic mass is 9.73. The van der Waals surface area contributed by atoms with Gasteiger partial charge in [-0.3, -0.25) is 0 Å². The van der Waals surface area contributed by atoms with Crippen molar-refractivity contribution in [3.8, 4) is 56.8 Å². The summed E-state index contributed by atoms with van der Waals surface area (Å²) in [6, 6.07) is 19.2. The quantitative estimate of drug-likeness (QED) is 0.0748. The zero-order valence-electron chi connectivity index (χ0n) is 29.6. The summed E-state index contributed by atoms with van der Waals surface area (Å²) in [5.74, 6) is -2.10. The van der Waals surface area contributed by atoms with Gasteiger partial charge in [-0.15, -0.1) is 0 Å². The van der Waals surface area contributed by atoms with E-state index in [0.717, 1.165) is 58.8 Å². The lowest BCUT2D eigenvalue weighted by Gasteiger charge is -2.35. The van der Waals surface area contributed by atoms with E-state index in [0.29, 0.717) is 22.9 Å². The summed E-state index contributed by atoms with van der Waals surface area (Å²) in [7, 11) is 0. The number of fused-ring (bicyclic) bond motifs is 6. The number of rotatable bonds is 5. The molecular formula is C44H39Br2NO6S. The van der Waals surface area contributed by atoms with Gasteiger partial charge >= 0.3 is 0 Å². The first kappa shape index (κ1) is 35.5. The molecule has 0 spiro atoms. The van der Waals surface area contributed by atoms with E-state index in [9.17, 15) is 30.6 Å². The number of anilines is 3. The van der Waals surface area contributed by atoms with Crippen LogP contribution in [0.2, 0.25) is 0 Å². The highest BCUT2D eigenvalue weighted by Crippen LogP contribution is 2.67. The van der Waals surface area contributed by atoms with Crippen LogP contribution in [0.4, 0.5) is 17.1 Å². The van der Waals surface area contributed by atoms with Crippen molar-refractivity contribution in [2.24, 2.45) is 5.41 Å². The summed E-state index contributed by atoms with van der Waals surface area (Å²) in [4.78, 5) is 1.75. The Labute approximate surface area is 334 Å². The molecule has 5 aromatic rings. The molecule has 2 unspecified atom stereocenters. The summed E-state index contributed by atoms with van der Waals surface area (Å²) in [6.45, 7) is 6.50. The number of hydrogen-bond donors (Lipinski definition) is 6. The molecule has 5 aromatic carbocycles. The molecule has 54 heavy (non-hydrogen) atoms. The fourth-order valence-electron chi connectivity index (χ4n) is 9.50. The van der Waals surface area contributed by atoms with E-state index >= 15 is 0 Å². The Morgan fingerprint density at radius 3 is 1.85 bits per heavy atom. The number of benzene rings is 5. The highest BCUT2D eigenvalue weighted by Gasteiger charge is 2.42. The fraction of sp³-hybridized carbons (Fsp3) is 0.273. The van der Waals surface area contributed by atoms with Crippen molar-refractivity contribution >= 4 is 66.8 Å². The molecule has 2 bridgehead atoms. The van der Waals surface area contributed by atoms with Crippen LogP contribution in [0.15, 0.2) is 79.9 Å². The molecule has 10 heteroatoms. The summed E-state index contributed by atoms with van der Waals surface area (Å²) >= 11 is 7.30. The first-order chi connectivity index (χ1) is 25.9. The molecule has 9 rings (SSSR count). The number of aromatic hydroxyl groups is 6. The molecule has 2 atom stereocenters. The molecule has 0 aromatic heterocycles. The molecule has 2 saturated carbocycles. The summed E-state index contributed by atoms with van der Waals surface area (Å²) in [5, 5.41) is 68.1. The normalized spacial score (nSPS) is 20.1. The Morgan fingerprint density at radius 1 is 0.685 bits per heavy atom. The van der Waals surface area contributed by atoms with Crippen molar-refractivity contribution in [3.63, 3.8) is 0 Å². The average molecular weight is 870 g/mol. The highest BCUT2D eigenvalue weighted by molar-refractivity contribution is 9.11. The van der Waals surface area contributed by atoms with Gasteiger partial charge in [0, 0.05) is 5.69 Å². The van der Waals surface area contributed by atoms with E-state index in [2.05, 4.69) is 87.8 Å². The van der Waals surface area contributed by atoms with Crippen LogP contribution in [-0.4, -0.2) is 30.6 Å². The molecule has 0 saturated heterocycles. The molecular weight excluding hydrogens is 830 g/mol. The molecule has 4 aliphatic rings. The lowest BCUT2D eigenvalue weighted by Crippen LogP contribution is -2.20. The maximum atomic E-state index is 11.6. The first-order valence-corrected chi connectivity index (χ1v) is 20.7. The first-order valence-electron chi connectivity index (χ1n) is 18.3. The largest absolute Gasteiger partial charge is 0.505 e. The van der Waals surface area contributed by atoms with E-state index in [4.69, 9.17) is 0 Å². The SMILES string of the molecule is C=Cc1ccc(-c2cc(-c3ccc4c(c3)C3CCC(C)(C4)C3)cc(N3c4c(O)c(O)c(Br)c(O)c4Sc4c(O)c(Br)c(O)c(O)c43)c2)cc1C1CCCC1.